The Balaban J connectivity index is 2.12. The van der Waals surface area contributed by atoms with Crippen LogP contribution >= 0.6 is 22.6 Å². The number of hydrogen-bond donors (Lipinski definition) is 1. The summed E-state index contributed by atoms with van der Waals surface area (Å²) in [7, 11) is 0. The molecular formula is C12H11FINO3. The molecule has 0 aliphatic carbocycles. The van der Waals surface area contributed by atoms with Crippen LogP contribution in [0.2, 0.25) is 0 Å². The van der Waals surface area contributed by atoms with Crippen molar-refractivity contribution in [2.24, 2.45) is 0 Å². The average molecular weight is 363 g/mol. The maximum atomic E-state index is 13.8. The van der Waals surface area contributed by atoms with Gasteiger partial charge in [0.15, 0.2) is 0 Å². The number of amides is 1. The molecule has 1 N–H and O–H groups in total. The van der Waals surface area contributed by atoms with Crippen molar-refractivity contribution in [1.29, 1.82) is 0 Å². The highest BCUT2D eigenvalue weighted by molar-refractivity contribution is 14.1. The molecule has 1 fully saturated rings. The topological polar surface area (TPSA) is 57.6 Å². The number of aliphatic carboxylic acids is 1. The Morgan fingerprint density at radius 2 is 1.94 bits per heavy atom. The molecule has 1 saturated heterocycles. The van der Waals surface area contributed by atoms with Gasteiger partial charge in [-0.15, -0.1) is 0 Å². The van der Waals surface area contributed by atoms with Gasteiger partial charge in [0.1, 0.15) is 0 Å². The zero-order chi connectivity index (χ0) is 13.3. The molecule has 0 aromatic heterocycles. The second-order valence-corrected chi connectivity index (χ2v) is 5.50. The molecule has 1 unspecified atom stereocenters. The number of likely N-dealkylation sites (tertiary alicyclic amines) is 1. The second-order valence-electron chi connectivity index (χ2n) is 4.25. The number of halogens is 2. The van der Waals surface area contributed by atoms with Crippen LogP contribution in [0.3, 0.4) is 0 Å². The van der Waals surface area contributed by atoms with Gasteiger partial charge in [-0.1, -0.05) is 0 Å². The van der Waals surface area contributed by atoms with Crippen molar-refractivity contribution >= 4 is 34.5 Å². The number of benzene rings is 1. The molecule has 1 atom stereocenters. The maximum absolute atomic E-state index is 13.8. The fourth-order valence-corrected chi connectivity index (χ4v) is 2.26. The SMILES string of the molecule is O=C(c1ccc(I)cc1)N1CCC(F)(C(=O)O)C1. The fraction of sp³-hybridized carbons (Fsp3) is 0.333. The Kier molecular flexibility index (Phi) is 3.56. The first-order valence-corrected chi connectivity index (χ1v) is 6.47. The lowest BCUT2D eigenvalue weighted by molar-refractivity contribution is -0.149. The summed E-state index contributed by atoms with van der Waals surface area (Å²) < 4.78 is 14.8. The zero-order valence-corrected chi connectivity index (χ0v) is 11.6. The summed E-state index contributed by atoms with van der Waals surface area (Å²) in [6.07, 6.45) is -0.154. The number of hydrogen-bond acceptors (Lipinski definition) is 2. The van der Waals surface area contributed by atoms with E-state index in [0.29, 0.717) is 5.56 Å². The van der Waals surface area contributed by atoms with Crippen molar-refractivity contribution in [3.05, 3.63) is 33.4 Å². The molecule has 1 amide bonds. The van der Waals surface area contributed by atoms with Gasteiger partial charge in [0.25, 0.3) is 5.91 Å². The predicted molar refractivity (Wildman–Crippen MR) is 71.2 cm³/mol. The quantitative estimate of drug-likeness (QED) is 0.818. The van der Waals surface area contributed by atoms with Crippen LogP contribution in [0.4, 0.5) is 4.39 Å². The number of alkyl halides is 1. The predicted octanol–water partition coefficient (Wildman–Crippen LogP) is 1.93. The lowest BCUT2D eigenvalue weighted by atomic mass is 10.1. The summed E-state index contributed by atoms with van der Waals surface area (Å²) in [5.41, 5.74) is -1.86. The molecule has 0 radical (unpaired) electrons. The van der Waals surface area contributed by atoms with Gasteiger partial charge in [-0.3, -0.25) is 4.79 Å². The third-order valence-corrected chi connectivity index (χ3v) is 3.70. The monoisotopic (exact) mass is 363 g/mol. The summed E-state index contributed by atoms with van der Waals surface area (Å²) in [4.78, 5) is 24.0. The minimum atomic E-state index is -2.31. The molecule has 1 aliphatic heterocycles. The summed E-state index contributed by atoms with van der Waals surface area (Å²) in [5, 5.41) is 8.77. The summed E-state index contributed by atoms with van der Waals surface area (Å²) >= 11 is 2.12. The van der Waals surface area contributed by atoms with E-state index in [9.17, 15) is 14.0 Å². The molecule has 2 rings (SSSR count). The van der Waals surface area contributed by atoms with E-state index in [1.165, 1.54) is 4.90 Å². The number of carboxylic acid groups (broad SMARTS) is 1. The van der Waals surface area contributed by atoms with Crippen molar-refractivity contribution in [2.75, 3.05) is 13.1 Å². The van der Waals surface area contributed by atoms with Gasteiger partial charge in [0.2, 0.25) is 5.67 Å². The van der Waals surface area contributed by atoms with Gasteiger partial charge >= 0.3 is 5.97 Å². The van der Waals surface area contributed by atoms with Crippen molar-refractivity contribution in [3.63, 3.8) is 0 Å². The third kappa shape index (κ3) is 2.47. The number of nitrogens with zero attached hydrogens (tertiary/aromatic N) is 1. The molecule has 1 aliphatic rings. The molecule has 0 spiro atoms. The Morgan fingerprint density at radius 3 is 2.44 bits per heavy atom. The Labute approximate surface area is 117 Å². The first-order chi connectivity index (χ1) is 8.42. The van der Waals surface area contributed by atoms with E-state index in [0.717, 1.165) is 3.57 Å². The second kappa shape index (κ2) is 4.83. The highest BCUT2D eigenvalue weighted by Crippen LogP contribution is 2.27. The van der Waals surface area contributed by atoms with Crippen molar-refractivity contribution in [3.8, 4) is 0 Å². The molecule has 0 saturated carbocycles. The van der Waals surface area contributed by atoms with Gasteiger partial charge in [-0.2, -0.15) is 0 Å². The molecule has 4 nitrogen and oxygen atoms in total. The lowest BCUT2D eigenvalue weighted by Crippen LogP contribution is -2.38. The van der Waals surface area contributed by atoms with Crippen LogP contribution in [0.15, 0.2) is 24.3 Å². The van der Waals surface area contributed by atoms with E-state index in [4.69, 9.17) is 5.11 Å². The third-order valence-electron chi connectivity index (χ3n) is 2.98. The van der Waals surface area contributed by atoms with Crippen molar-refractivity contribution in [1.82, 2.24) is 4.90 Å². The Morgan fingerprint density at radius 1 is 1.33 bits per heavy atom. The van der Waals surface area contributed by atoms with E-state index < -0.39 is 11.6 Å². The van der Waals surface area contributed by atoms with Crippen molar-refractivity contribution < 1.29 is 19.1 Å². The maximum Gasteiger partial charge on any atom is 0.343 e. The largest absolute Gasteiger partial charge is 0.479 e. The standard InChI is InChI=1S/C12H11FINO3/c13-12(11(17)18)5-6-15(7-12)10(16)8-1-3-9(14)4-2-8/h1-4H,5-7H2,(H,17,18). The van der Waals surface area contributed by atoms with Gasteiger partial charge in [0, 0.05) is 22.1 Å². The van der Waals surface area contributed by atoms with Gasteiger partial charge in [-0.25, -0.2) is 9.18 Å². The highest BCUT2D eigenvalue weighted by atomic mass is 127. The van der Waals surface area contributed by atoms with E-state index in [2.05, 4.69) is 22.6 Å². The summed E-state index contributed by atoms with van der Waals surface area (Å²) in [6, 6.07) is 6.87. The summed E-state index contributed by atoms with van der Waals surface area (Å²) in [6.45, 7) is -0.249. The van der Waals surface area contributed by atoms with E-state index in [1.807, 2.05) is 0 Å². The highest BCUT2D eigenvalue weighted by Gasteiger charge is 2.46. The number of carbonyl (C=O) groups excluding carboxylic acids is 1. The first-order valence-electron chi connectivity index (χ1n) is 5.39. The number of carbonyl (C=O) groups is 2. The summed E-state index contributed by atoms with van der Waals surface area (Å²) in [5.74, 6) is -1.83. The van der Waals surface area contributed by atoms with E-state index >= 15 is 0 Å². The fourth-order valence-electron chi connectivity index (χ4n) is 1.90. The molecule has 1 aromatic carbocycles. The normalized spacial score (nSPS) is 23.1. The van der Waals surface area contributed by atoms with Gasteiger partial charge in [-0.05, 0) is 46.9 Å². The molecule has 6 heteroatoms. The van der Waals surface area contributed by atoms with Gasteiger partial charge in [0.05, 0.1) is 6.54 Å². The van der Waals surface area contributed by atoms with Gasteiger partial charge < -0.3 is 10.0 Å². The molecule has 0 bridgehead atoms. The average Bonchev–Trinajstić information content (AvgIpc) is 2.73. The van der Waals surface area contributed by atoms with Crippen LogP contribution in [0, 0.1) is 3.57 Å². The number of rotatable bonds is 2. The Hall–Kier alpha value is -1.18. The molecular weight excluding hydrogens is 352 g/mol. The Bertz CT molecular complexity index is 491. The van der Waals surface area contributed by atoms with Crippen LogP contribution in [-0.4, -0.2) is 40.6 Å². The van der Waals surface area contributed by atoms with Crippen LogP contribution in [0.5, 0.6) is 0 Å². The molecule has 1 heterocycles. The van der Waals surface area contributed by atoms with Crippen molar-refractivity contribution in [2.45, 2.75) is 12.1 Å². The van der Waals surface area contributed by atoms with Crippen LogP contribution < -0.4 is 0 Å². The smallest absolute Gasteiger partial charge is 0.343 e. The molecule has 1 aromatic rings. The lowest BCUT2D eigenvalue weighted by Gasteiger charge is -2.17. The minimum Gasteiger partial charge on any atom is -0.479 e. The zero-order valence-electron chi connectivity index (χ0n) is 9.40. The van der Waals surface area contributed by atoms with E-state index in [-0.39, 0.29) is 25.4 Å². The molecule has 18 heavy (non-hydrogen) atoms. The first kappa shape index (κ1) is 13.3. The van der Waals surface area contributed by atoms with Crippen LogP contribution in [-0.2, 0) is 4.79 Å². The molecule has 96 valence electrons. The van der Waals surface area contributed by atoms with Crippen LogP contribution in [0.25, 0.3) is 0 Å². The minimum absolute atomic E-state index is 0.133. The number of carboxylic acids is 1. The van der Waals surface area contributed by atoms with E-state index in [1.54, 1.807) is 24.3 Å². The van der Waals surface area contributed by atoms with Crippen LogP contribution in [0.1, 0.15) is 16.8 Å².